The molecule has 0 unspecified atom stereocenters. The Morgan fingerprint density at radius 3 is 2.66 bits per heavy atom. The summed E-state index contributed by atoms with van der Waals surface area (Å²) in [6.45, 7) is 2.58. The molecule has 0 saturated heterocycles. The summed E-state index contributed by atoms with van der Waals surface area (Å²) in [5.41, 5.74) is 2.41. The Balaban J connectivity index is 1.34. The molecule has 2 aromatic carbocycles. The number of rotatable bonds is 9. The van der Waals surface area contributed by atoms with Gasteiger partial charge in [-0.1, -0.05) is 23.5 Å². The molecule has 0 saturated carbocycles. The van der Waals surface area contributed by atoms with E-state index in [4.69, 9.17) is 9.47 Å². The van der Waals surface area contributed by atoms with Crippen molar-refractivity contribution in [1.29, 1.82) is 0 Å². The van der Waals surface area contributed by atoms with Crippen LogP contribution < -0.4 is 20.1 Å². The van der Waals surface area contributed by atoms with Gasteiger partial charge in [0.15, 0.2) is 10.1 Å². The number of hydrogen-bond acceptors (Lipinski definition) is 9. The predicted octanol–water partition coefficient (Wildman–Crippen LogP) is 4.99. The van der Waals surface area contributed by atoms with Crippen LogP contribution in [0.15, 0.2) is 53.9 Å². The quantitative estimate of drug-likeness (QED) is 0.358. The second-order valence-electron chi connectivity index (χ2n) is 6.56. The Hall–Kier alpha value is -3.50. The molecule has 4 aromatic rings. The van der Waals surface area contributed by atoms with Gasteiger partial charge in [0.05, 0.1) is 31.4 Å². The van der Waals surface area contributed by atoms with Crippen LogP contribution in [0.3, 0.4) is 0 Å². The van der Waals surface area contributed by atoms with Crippen LogP contribution in [0.5, 0.6) is 11.5 Å². The third-order valence-electron chi connectivity index (χ3n) is 4.32. The van der Waals surface area contributed by atoms with Crippen molar-refractivity contribution in [2.45, 2.75) is 13.3 Å². The molecule has 2 heterocycles. The van der Waals surface area contributed by atoms with Crippen molar-refractivity contribution in [3.63, 3.8) is 0 Å². The van der Waals surface area contributed by atoms with Gasteiger partial charge >= 0.3 is 0 Å². The Morgan fingerprint density at radius 2 is 1.88 bits per heavy atom. The normalized spacial score (nSPS) is 10.6. The van der Waals surface area contributed by atoms with Gasteiger partial charge in [-0.05, 0) is 43.3 Å². The number of ether oxygens (including phenoxy) is 2. The highest BCUT2D eigenvalue weighted by molar-refractivity contribution is 7.18. The van der Waals surface area contributed by atoms with Gasteiger partial charge in [0.2, 0.25) is 11.0 Å². The Kier molecular flexibility index (Phi) is 6.93. The zero-order valence-electron chi connectivity index (χ0n) is 17.5. The standard InChI is InChI=1S/C22H21N5O3S2/c1-3-30-16-10-8-14(9-11-16)23-21-24-15(13-31-21)12-19(28)25-22-27-26-20(32-22)17-6-4-5-7-18(17)29-2/h4-11,13H,3,12H2,1-2H3,(H,23,24)(H,25,27,28). The molecular formula is C22H21N5O3S2. The highest BCUT2D eigenvalue weighted by Gasteiger charge is 2.14. The molecule has 2 N–H and O–H groups in total. The molecule has 164 valence electrons. The first kappa shape index (κ1) is 21.7. The summed E-state index contributed by atoms with van der Waals surface area (Å²) in [5.74, 6) is 1.32. The molecule has 0 fully saturated rings. The number of aromatic nitrogens is 3. The van der Waals surface area contributed by atoms with E-state index in [9.17, 15) is 4.79 Å². The van der Waals surface area contributed by atoms with Crippen molar-refractivity contribution in [2.75, 3.05) is 24.4 Å². The number of nitrogens with zero attached hydrogens (tertiary/aromatic N) is 3. The maximum Gasteiger partial charge on any atom is 0.232 e. The third-order valence-corrected chi connectivity index (χ3v) is 6.00. The number of hydrogen-bond donors (Lipinski definition) is 2. The lowest BCUT2D eigenvalue weighted by Crippen LogP contribution is -2.14. The lowest BCUT2D eigenvalue weighted by atomic mass is 10.2. The first-order valence-corrected chi connectivity index (χ1v) is 11.5. The molecular weight excluding hydrogens is 446 g/mol. The molecule has 32 heavy (non-hydrogen) atoms. The number of anilines is 3. The average molecular weight is 468 g/mol. The minimum Gasteiger partial charge on any atom is -0.496 e. The van der Waals surface area contributed by atoms with Gasteiger partial charge < -0.3 is 20.1 Å². The van der Waals surface area contributed by atoms with Crippen molar-refractivity contribution in [2.24, 2.45) is 0 Å². The van der Waals surface area contributed by atoms with E-state index in [2.05, 4.69) is 25.8 Å². The van der Waals surface area contributed by atoms with Crippen molar-refractivity contribution in [1.82, 2.24) is 15.2 Å². The fourth-order valence-corrected chi connectivity index (χ4v) is 4.42. The second kappa shape index (κ2) is 10.2. The maximum absolute atomic E-state index is 12.5. The number of carbonyl (C=O) groups is 1. The molecule has 0 aliphatic heterocycles. The van der Waals surface area contributed by atoms with Gasteiger partial charge in [0.25, 0.3) is 0 Å². The van der Waals surface area contributed by atoms with Crippen molar-refractivity contribution in [3.05, 3.63) is 59.6 Å². The van der Waals surface area contributed by atoms with Crippen LogP contribution in [0.25, 0.3) is 10.6 Å². The average Bonchev–Trinajstić information content (AvgIpc) is 3.44. The Morgan fingerprint density at radius 1 is 1.06 bits per heavy atom. The van der Waals surface area contributed by atoms with Gasteiger partial charge in [0.1, 0.15) is 11.5 Å². The summed E-state index contributed by atoms with van der Waals surface area (Å²) in [6, 6.07) is 15.2. The molecule has 0 bridgehead atoms. The lowest BCUT2D eigenvalue weighted by Gasteiger charge is -2.05. The van der Waals surface area contributed by atoms with Gasteiger partial charge in [-0.15, -0.1) is 21.5 Å². The second-order valence-corrected chi connectivity index (χ2v) is 8.40. The lowest BCUT2D eigenvalue weighted by molar-refractivity contribution is -0.115. The minimum atomic E-state index is -0.203. The SMILES string of the molecule is CCOc1ccc(Nc2nc(CC(=O)Nc3nnc(-c4ccccc4OC)s3)cs2)cc1. The van der Waals surface area contributed by atoms with Crippen LogP contribution in [0.4, 0.5) is 16.0 Å². The number of amides is 1. The van der Waals surface area contributed by atoms with Crippen LogP contribution in [0, 0.1) is 0 Å². The van der Waals surface area contributed by atoms with E-state index in [0.717, 1.165) is 17.0 Å². The van der Waals surface area contributed by atoms with E-state index >= 15 is 0 Å². The predicted molar refractivity (Wildman–Crippen MR) is 127 cm³/mol. The zero-order valence-corrected chi connectivity index (χ0v) is 19.1. The highest BCUT2D eigenvalue weighted by Crippen LogP contribution is 2.33. The number of para-hydroxylation sites is 1. The van der Waals surface area contributed by atoms with Gasteiger partial charge in [-0.3, -0.25) is 4.79 Å². The molecule has 1 amide bonds. The van der Waals surface area contributed by atoms with E-state index in [0.29, 0.717) is 33.3 Å². The topological polar surface area (TPSA) is 98.3 Å². The van der Waals surface area contributed by atoms with Gasteiger partial charge in [0, 0.05) is 11.1 Å². The number of carbonyl (C=O) groups excluding carboxylic acids is 1. The van der Waals surface area contributed by atoms with Crippen molar-refractivity contribution >= 4 is 44.5 Å². The summed E-state index contributed by atoms with van der Waals surface area (Å²) in [4.78, 5) is 16.9. The van der Waals surface area contributed by atoms with Crippen molar-refractivity contribution in [3.8, 4) is 22.1 Å². The molecule has 2 aromatic heterocycles. The summed E-state index contributed by atoms with van der Waals surface area (Å²) < 4.78 is 10.8. The third kappa shape index (κ3) is 5.40. The maximum atomic E-state index is 12.5. The van der Waals surface area contributed by atoms with Gasteiger partial charge in [-0.25, -0.2) is 4.98 Å². The number of thiazole rings is 1. The first-order chi connectivity index (χ1) is 15.6. The summed E-state index contributed by atoms with van der Waals surface area (Å²) >= 11 is 2.73. The van der Waals surface area contributed by atoms with E-state index in [1.165, 1.54) is 22.7 Å². The van der Waals surface area contributed by atoms with Crippen LogP contribution >= 0.6 is 22.7 Å². The van der Waals surface area contributed by atoms with Crippen LogP contribution in [-0.2, 0) is 11.2 Å². The largest absolute Gasteiger partial charge is 0.496 e. The molecule has 0 aliphatic carbocycles. The fraction of sp³-hybridized carbons (Fsp3) is 0.182. The molecule has 0 radical (unpaired) electrons. The monoisotopic (exact) mass is 467 g/mol. The molecule has 8 nitrogen and oxygen atoms in total. The first-order valence-electron chi connectivity index (χ1n) is 9.85. The summed E-state index contributed by atoms with van der Waals surface area (Å²) in [6.07, 6.45) is 0.144. The van der Waals surface area contributed by atoms with E-state index in [1.807, 2.05) is 60.8 Å². The fourth-order valence-electron chi connectivity index (χ4n) is 2.90. The molecule has 0 aliphatic rings. The van der Waals surface area contributed by atoms with Crippen molar-refractivity contribution < 1.29 is 14.3 Å². The van der Waals surface area contributed by atoms with Gasteiger partial charge in [-0.2, -0.15) is 0 Å². The number of nitrogens with one attached hydrogen (secondary N) is 2. The highest BCUT2D eigenvalue weighted by atomic mass is 32.1. The smallest absolute Gasteiger partial charge is 0.232 e. The number of methoxy groups -OCH3 is 1. The van der Waals surface area contributed by atoms with Crippen LogP contribution in [0.2, 0.25) is 0 Å². The zero-order chi connectivity index (χ0) is 22.3. The Bertz CT molecular complexity index is 1190. The van der Waals surface area contributed by atoms with E-state index < -0.39 is 0 Å². The Labute approximate surface area is 193 Å². The van der Waals surface area contributed by atoms with Crippen LogP contribution in [0.1, 0.15) is 12.6 Å². The van der Waals surface area contributed by atoms with E-state index in [1.54, 1.807) is 7.11 Å². The van der Waals surface area contributed by atoms with E-state index in [-0.39, 0.29) is 12.3 Å². The molecule has 4 rings (SSSR count). The summed E-state index contributed by atoms with van der Waals surface area (Å²) in [5, 5.41) is 17.9. The van der Waals surface area contributed by atoms with Crippen LogP contribution in [-0.4, -0.2) is 34.8 Å². The summed E-state index contributed by atoms with van der Waals surface area (Å²) in [7, 11) is 1.61. The molecule has 10 heteroatoms. The number of benzene rings is 2. The molecule has 0 spiro atoms. The molecule has 0 atom stereocenters. The minimum absolute atomic E-state index is 0.144.